The number of hydrogen-bond acceptors (Lipinski definition) is 3. The van der Waals surface area contributed by atoms with Crippen LogP contribution in [0.3, 0.4) is 0 Å². The number of hydrogen-bond donors (Lipinski definition) is 1. The molecule has 6 heteroatoms. The highest BCUT2D eigenvalue weighted by Gasteiger charge is 2.28. The number of sulfonamides is 1. The van der Waals surface area contributed by atoms with Crippen LogP contribution in [-0.4, -0.2) is 31.0 Å². The van der Waals surface area contributed by atoms with E-state index < -0.39 is 10.0 Å². The standard InChI is InChI=1S/C26H27N3O2S/c1-28-16-7-13-24(28)25(29-17-15-20-8-2-3-10-22(20)19-29)18-27-32(30,31)26-14-6-11-21-9-4-5-12-23(21)26/h2-14,16,25,27H,15,17-19H2,1H3. The van der Waals surface area contributed by atoms with Crippen molar-refractivity contribution in [3.8, 4) is 0 Å². The Morgan fingerprint density at radius 2 is 1.66 bits per heavy atom. The first kappa shape index (κ1) is 20.9. The number of aryl methyl sites for hydroxylation is 1. The molecule has 0 amide bonds. The molecule has 1 unspecified atom stereocenters. The predicted octanol–water partition coefficient (Wildman–Crippen LogP) is 4.26. The van der Waals surface area contributed by atoms with Gasteiger partial charge in [0.15, 0.2) is 0 Å². The zero-order chi connectivity index (χ0) is 22.1. The van der Waals surface area contributed by atoms with Crippen molar-refractivity contribution in [1.82, 2.24) is 14.2 Å². The summed E-state index contributed by atoms with van der Waals surface area (Å²) in [6, 6.07) is 25.6. The molecule has 3 aromatic carbocycles. The van der Waals surface area contributed by atoms with E-state index in [1.165, 1.54) is 11.1 Å². The van der Waals surface area contributed by atoms with Gasteiger partial charge in [-0.05, 0) is 41.1 Å². The maximum Gasteiger partial charge on any atom is 0.241 e. The lowest BCUT2D eigenvalue weighted by atomic mass is 9.98. The number of nitrogens with one attached hydrogen (secondary N) is 1. The van der Waals surface area contributed by atoms with Crippen LogP contribution in [0, 0.1) is 0 Å². The highest BCUT2D eigenvalue weighted by atomic mass is 32.2. The molecule has 2 heterocycles. The van der Waals surface area contributed by atoms with Gasteiger partial charge < -0.3 is 4.57 Å². The summed E-state index contributed by atoms with van der Waals surface area (Å²) in [6.07, 6.45) is 2.98. The number of aromatic nitrogens is 1. The summed E-state index contributed by atoms with van der Waals surface area (Å²) in [6.45, 7) is 2.01. The molecule has 164 valence electrons. The van der Waals surface area contributed by atoms with Crippen LogP contribution in [-0.2, 0) is 30.0 Å². The Bertz CT molecular complexity index is 1360. The van der Waals surface area contributed by atoms with Crippen LogP contribution in [0.25, 0.3) is 10.8 Å². The Hall–Kier alpha value is -2.93. The topological polar surface area (TPSA) is 54.3 Å². The smallest absolute Gasteiger partial charge is 0.241 e. The van der Waals surface area contributed by atoms with Crippen molar-refractivity contribution < 1.29 is 8.42 Å². The van der Waals surface area contributed by atoms with E-state index in [0.29, 0.717) is 11.4 Å². The Morgan fingerprint density at radius 1 is 0.906 bits per heavy atom. The van der Waals surface area contributed by atoms with Crippen LogP contribution in [0.5, 0.6) is 0 Å². The van der Waals surface area contributed by atoms with Gasteiger partial charge in [-0.1, -0.05) is 60.7 Å². The minimum atomic E-state index is -3.67. The Labute approximate surface area is 189 Å². The molecule has 1 aromatic heterocycles. The largest absolute Gasteiger partial charge is 0.353 e. The third-order valence-corrected chi connectivity index (χ3v) is 7.91. The number of benzene rings is 3. The molecular formula is C26H27N3O2S. The monoisotopic (exact) mass is 445 g/mol. The lowest BCUT2D eigenvalue weighted by Crippen LogP contribution is -2.41. The Morgan fingerprint density at radius 3 is 2.47 bits per heavy atom. The van der Waals surface area contributed by atoms with E-state index in [9.17, 15) is 8.42 Å². The molecular weight excluding hydrogens is 418 g/mol. The van der Waals surface area contributed by atoms with Crippen LogP contribution in [0.4, 0.5) is 0 Å². The van der Waals surface area contributed by atoms with Gasteiger partial charge in [0, 0.05) is 44.0 Å². The fourth-order valence-corrected chi connectivity index (χ4v) is 5.99. The molecule has 0 saturated heterocycles. The first-order chi connectivity index (χ1) is 15.5. The molecule has 0 bridgehead atoms. The molecule has 0 spiro atoms. The van der Waals surface area contributed by atoms with Gasteiger partial charge in [0.25, 0.3) is 0 Å². The van der Waals surface area contributed by atoms with E-state index in [1.54, 1.807) is 12.1 Å². The van der Waals surface area contributed by atoms with E-state index in [4.69, 9.17) is 0 Å². The molecule has 0 fully saturated rings. The molecule has 5 nitrogen and oxygen atoms in total. The summed E-state index contributed by atoms with van der Waals surface area (Å²) in [5.74, 6) is 0. The summed E-state index contributed by atoms with van der Waals surface area (Å²) in [5, 5.41) is 1.66. The van der Waals surface area contributed by atoms with Gasteiger partial charge >= 0.3 is 0 Å². The molecule has 1 N–H and O–H groups in total. The van der Waals surface area contributed by atoms with Crippen LogP contribution in [0.1, 0.15) is 22.9 Å². The van der Waals surface area contributed by atoms with Gasteiger partial charge in [-0.15, -0.1) is 0 Å². The molecule has 0 aliphatic carbocycles. The van der Waals surface area contributed by atoms with Crippen molar-refractivity contribution in [2.75, 3.05) is 13.1 Å². The second kappa shape index (κ2) is 8.54. The van der Waals surface area contributed by atoms with E-state index >= 15 is 0 Å². The van der Waals surface area contributed by atoms with Crippen molar-refractivity contribution in [1.29, 1.82) is 0 Å². The fourth-order valence-electron chi connectivity index (χ4n) is 4.72. The van der Waals surface area contributed by atoms with Gasteiger partial charge in [0.2, 0.25) is 10.0 Å². The molecule has 0 radical (unpaired) electrons. The van der Waals surface area contributed by atoms with E-state index in [2.05, 4.69) is 44.5 Å². The fraction of sp³-hybridized carbons (Fsp3) is 0.231. The molecule has 5 rings (SSSR count). The van der Waals surface area contributed by atoms with Crippen LogP contribution >= 0.6 is 0 Å². The average molecular weight is 446 g/mol. The maximum atomic E-state index is 13.3. The molecule has 1 aliphatic rings. The highest BCUT2D eigenvalue weighted by Crippen LogP contribution is 2.29. The average Bonchev–Trinajstić information content (AvgIpc) is 3.24. The van der Waals surface area contributed by atoms with Crippen molar-refractivity contribution >= 4 is 20.8 Å². The maximum absolute atomic E-state index is 13.3. The van der Waals surface area contributed by atoms with Crippen molar-refractivity contribution in [2.45, 2.75) is 23.9 Å². The number of rotatable bonds is 6. The first-order valence-electron chi connectivity index (χ1n) is 10.9. The van der Waals surface area contributed by atoms with Crippen molar-refractivity contribution in [3.05, 3.63) is 102 Å². The first-order valence-corrected chi connectivity index (χ1v) is 12.4. The van der Waals surface area contributed by atoms with Gasteiger partial charge in [0.05, 0.1) is 10.9 Å². The molecule has 4 aromatic rings. The highest BCUT2D eigenvalue weighted by molar-refractivity contribution is 7.89. The zero-order valence-corrected chi connectivity index (χ0v) is 18.9. The SMILES string of the molecule is Cn1cccc1C(CNS(=O)(=O)c1cccc2ccccc12)N1CCc2ccccc2C1. The van der Waals surface area contributed by atoms with Crippen LogP contribution < -0.4 is 4.72 Å². The van der Waals surface area contributed by atoms with E-state index in [0.717, 1.165) is 36.0 Å². The Balaban J connectivity index is 1.44. The van der Waals surface area contributed by atoms with Gasteiger partial charge in [-0.2, -0.15) is 0 Å². The van der Waals surface area contributed by atoms with Crippen LogP contribution in [0.2, 0.25) is 0 Å². The van der Waals surface area contributed by atoms with Gasteiger partial charge in [-0.25, -0.2) is 13.1 Å². The normalized spacial score (nSPS) is 15.5. The summed E-state index contributed by atoms with van der Waals surface area (Å²) >= 11 is 0. The molecule has 0 saturated carbocycles. The Kier molecular flexibility index (Phi) is 5.59. The molecule has 32 heavy (non-hydrogen) atoms. The van der Waals surface area contributed by atoms with Crippen molar-refractivity contribution in [2.24, 2.45) is 7.05 Å². The quantitative estimate of drug-likeness (QED) is 0.483. The molecule has 1 atom stereocenters. The van der Waals surface area contributed by atoms with Gasteiger partial charge in [0.1, 0.15) is 0 Å². The summed E-state index contributed by atoms with van der Waals surface area (Å²) < 4.78 is 31.7. The predicted molar refractivity (Wildman–Crippen MR) is 128 cm³/mol. The zero-order valence-electron chi connectivity index (χ0n) is 18.1. The second-order valence-electron chi connectivity index (χ2n) is 8.38. The summed E-state index contributed by atoms with van der Waals surface area (Å²) in [5.41, 5.74) is 3.80. The lowest BCUT2D eigenvalue weighted by molar-refractivity contribution is 0.174. The molecule has 1 aliphatic heterocycles. The number of nitrogens with zero attached hydrogens (tertiary/aromatic N) is 2. The van der Waals surface area contributed by atoms with Crippen LogP contribution in [0.15, 0.2) is 90.0 Å². The summed E-state index contributed by atoms with van der Waals surface area (Å²) in [7, 11) is -1.66. The summed E-state index contributed by atoms with van der Waals surface area (Å²) in [4.78, 5) is 2.70. The lowest BCUT2D eigenvalue weighted by Gasteiger charge is -2.36. The van der Waals surface area contributed by atoms with Gasteiger partial charge in [-0.3, -0.25) is 4.90 Å². The minimum Gasteiger partial charge on any atom is -0.353 e. The van der Waals surface area contributed by atoms with Crippen molar-refractivity contribution in [3.63, 3.8) is 0 Å². The number of fused-ring (bicyclic) bond motifs is 2. The second-order valence-corrected chi connectivity index (χ2v) is 10.1. The third kappa shape index (κ3) is 3.97. The third-order valence-electron chi connectivity index (χ3n) is 6.43. The van der Waals surface area contributed by atoms with E-state index in [-0.39, 0.29) is 6.04 Å². The van der Waals surface area contributed by atoms with E-state index in [1.807, 2.05) is 49.6 Å². The minimum absolute atomic E-state index is 0.0619.